The molecule has 0 aromatic rings. The van der Waals surface area contributed by atoms with Crippen molar-refractivity contribution >= 4 is 23.7 Å². The Morgan fingerprint density at radius 2 is 1.66 bits per heavy atom. The van der Waals surface area contributed by atoms with E-state index < -0.39 is 48.0 Å². The van der Waals surface area contributed by atoms with Gasteiger partial charge < -0.3 is 40.3 Å². The third-order valence-electron chi connectivity index (χ3n) is 5.17. The summed E-state index contributed by atoms with van der Waals surface area (Å²) in [6.07, 6.45) is -3.57. The Morgan fingerprint density at radius 3 is 2.25 bits per heavy atom. The normalized spacial score (nSPS) is 24.8. The first-order chi connectivity index (χ1) is 15.0. The molecule has 12 nitrogen and oxygen atoms in total. The number of hydrogen-bond acceptors (Lipinski definition) is 8. The number of carbonyl (C=O) groups excluding carboxylic acids is 3. The molecule has 12 heteroatoms. The van der Waals surface area contributed by atoms with E-state index in [1.165, 1.54) is 23.6 Å². The zero-order valence-corrected chi connectivity index (χ0v) is 18.6. The van der Waals surface area contributed by atoms with Gasteiger partial charge in [0.25, 0.3) is 0 Å². The minimum Gasteiger partial charge on any atom is -0.481 e. The molecule has 0 aromatic heterocycles. The number of ether oxygens (including phenoxy) is 1. The maximum Gasteiger partial charge on any atom is 0.303 e. The number of nitrogens with one attached hydrogen (secondary N) is 1. The first kappa shape index (κ1) is 27.8. The first-order valence-electron chi connectivity index (χ1n) is 10.7. The Bertz CT molecular complexity index is 646. The van der Waals surface area contributed by atoms with E-state index in [4.69, 9.17) is 9.84 Å². The van der Waals surface area contributed by atoms with Crippen molar-refractivity contribution < 1.29 is 44.3 Å². The standard InChI is InChI=1S/C20H35N3O9/c1-13(24)21-15(5-6-18(28)29)20(31)22-7-3-4-10-32-12-17(27)19(30)16(26)11-23(9-8-22)14(2)25/h15-17,19,26-27,30H,3-12H2,1-2H3,(H,21,24)(H,28,29)/t15-,16-,17+,19+/m0/s1. The van der Waals surface area contributed by atoms with Crippen molar-refractivity contribution in [3.63, 3.8) is 0 Å². The topological polar surface area (TPSA) is 177 Å². The molecule has 0 radical (unpaired) electrons. The van der Waals surface area contributed by atoms with E-state index in [9.17, 15) is 34.5 Å². The lowest BCUT2D eigenvalue weighted by Gasteiger charge is -2.32. The van der Waals surface area contributed by atoms with Crippen LogP contribution in [0.5, 0.6) is 0 Å². The van der Waals surface area contributed by atoms with E-state index in [0.29, 0.717) is 12.8 Å². The average Bonchev–Trinajstić information content (AvgIpc) is 2.71. The Balaban J connectivity index is 3.00. The van der Waals surface area contributed by atoms with Crippen LogP contribution in [0, 0.1) is 0 Å². The fourth-order valence-electron chi connectivity index (χ4n) is 3.34. The van der Waals surface area contributed by atoms with Crippen LogP contribution in [-0.4, -0.2) is 118 Å². The highest BCUT2D eigenvalue weighted by Gasteiger charge is 2.30. The van der Waals surface area contributed by atoms with Gasteiger partial charge in [-0.05, 0) is 19.3 Å². The Hall–Kier alpha value is -2.28. The third-order valence-corrected chi connectivity index (χ3v) is 5.17. The summed E-state index contributed by atoms with van der Waals surface area (Å²) in [5.41, 5.74) is 0. The highest BCUT2D eigenvalue weighted by atomic mass is 16.5. The summed E-state index contributed by atoms with van der Waals surface area (Å²) in [6.45, 7) is 2.72. The molecular formula is C20H35N3O9. The van der Waals surface area contributed by atoms with Gasteiger partial charge in [0, 0.05) is 53.1 Å². The third kappa shape index (κ3) is 9.90. The number of carboxylic acid groups (broad SMARTS) is 1. The number of aliphatic carboxylic acids is 1. The van der Waals surface area contributed by atoms with Crippen LogP contribution >= 0.6 is 0 Å². The number of β-amino-alcohol motifs (C(OH)–C–C–N with tert-alkyl or cyclic N) is 1. The number of aliphatic hydroxyl groups is 3. The molecule has 1 aliphatic rings. The van der Waals surface area contributed by atoms with Crippen LogP contribution in [0.3, 0.4) is 0 Å². The zero-order valence-electron chi connectivity index (χ0n) is 18.6. The summed E-state index contributed by atoms with van der Waals surface area (Å²) in [7, 11) is 0. The number of amides is 3. The van der Waals surface area contributed by atoms with Crippen molar-refractivity contribution in [2.75, 3.05) is 39.4 Å². The Labute approximate surface area is 187 Å². The summed E-state index contributed by atoms with van der Waals surface area (Å²) in [5.74, 6) is -2.42. The minimum absolute atomic E-state index is 0.0448. The van der Waals surface area contributed by atoms with Gasteiger partial charge >= 0.3 is 5.97 Å². The molecule has 0 saturated carbocycles. The smallest absolute Gasteiger partial charge is 0.303 e. The van der Waals surface area contributed by atoms with E-state index >= 15 is 0 Å². The van der Waals surface area contributed by atoms with Crippen molar-refractivity contribution in [2.45, 2.75) is 63.9 Å². The van der Waals surface area contributed by atoms with Gasteiger partial charge in [0.05, 0.1) is 6.61 Å². The second kappa shape index (κ2) is 14.0. The van der Waals surface area contributed by atoms with Gasteiger partial charge in [0.15, 0.2) is 0 Å². The predicted octanol–water partition coefficient (Wildman–Crippen LogP) is -2.07. The highest BCUT2D eigenvalue weighted by molar-refractivity contribution is 5.87. The number of nitrogens with zero attached hydrogens (tertiary/aromatic N) is 2. The lowest BCUT2D eigenvalue weighted by molar-refractivity contribution is -0.141. The lowest BCUT2D eigenvalue weighted by Crippen LogP contribution is -2.52. The van der Waals surface area contributed by atoms with Crippen LogP contribution in [-0.2, 0) is 23.9 Å². The van der Waals surface area contributed by atoms with Gasteiger partial charge in [0.1, 0.15) is 24.4 Å². The SMILES string of the molecule is CC(=O)N[C@@H](CCC(=O)O)C(=O)N1CCCCOC[C@@H](O)[C@H](O)[C@@H](O)CN(C(C)=O)CC1. The fraction of sp³-hybridized carbons (Fsp3) is 0.800. The molecule has 1 saturated heterocycles. The molecule has 0 spiro atoms. The van der Waals surface area contributed by atoms with Crippen LogP contribution in [0.4, 0.5) is 0 Å². The Kier molecular flexibility index (Phi) is 12.1. The molecule has 0 bridgehead atoms. The highest BCUT2D eigenvalue weighted by Crippen LogP contribution is 2.10. The molecule has 184 valence electrons. The molecular weight excluding hydrogens is 426 g/mol. The van der Waals surface area contributed by atoms with E-state index in [2.05, 4.69) is 5.32 Å². The largest absolute Gasteiger partial charge is 0.481 e. The lowest BCUT2D eigenvalue weighted by atomic mass is 10.1. The first-order valence-corrected chi connectivity index (χ1v) is 10.7. The van der Waals surface area contributed by atoms with Gasteiger partial charge in [-0.3, -0.25) is 19.2 Å². The summed E-state index contributed by atoms with van der Waals surface area (Å²) in [5, 5.41) is 41.7. The van der Waals surface area contributed by atoms with Crippen molar-refractivity contribution in [3.05, 3.63) is 0 Å². The zero-order chi connectivity index (χ0) is 24.3. The monoisotopic (exact) mass is 461 g/mol. The van der Waals surface area contributed by atoms with Gasteiger partial charge in [-0.15, -0.1) is 0 Å². The molecule has 1 fully saturated rings. The number of rotatable bonds is 5. The quantitative estimate of drug-likeness (QED) is 0.308. The van der Waals surface area contributed by atoms with E-state index in [1.807, 2.05) is 0 Å². The second-order valence-corrected chi connectivity index (χ2v) is 7.88. The molecule has 0 aliphatic carbocycles. The van der Waals surface area contributed by atoms with Crippen molar-refractivity contribution in [1.29, 1.82) is 0 Å². The molecule has 1 heterocycles. The van der Waals surface area contributed by atoms with Gasteiger partial charge in [-0.2, -0.15) is 0 Å². The fourth-order valence-corrected chi connectivity index (χ4v) is 3.34. The molecule has 3 amide bonds. The van der Waals surface area contributed by atoms with Crippen LogP contribution in [0.1, 0.15) is 39.5 Å². The molecule has 0 unspecified atom stereocenters. The van der Waals surface area contributed by atoms with Gasteiger partial charge in [-0.25, -0.2) is 0 Å². The molecule has 4 atom stereocenters. The van der Waals surface area contributed by atoms with Gasteiger partial charge in [0.2, 0.25) is 17.7 Å². The number of aliphatic hydroxyl groups excluding tert-OH is 3. The summed E-state index contributed by atoms with van der Waals surface area (Å²) in [4.78, 5) is 50.3. The summed E-state index contributed by atoms with van der Waals surface area (Å²) in [6, 6.07) is -1.02. The van der Waals surface area contributed by atoms with Gasteiger partial charge in [-0.1, -0.05) is 0 Å². The predicted molar refractivity (Wildman–Crippen MR) is 111 cm³/mol. The number of hydrogen-bond donors (Lipinski definition) is 5. The molecule has 1 rings (SSSR count). The van der Waals surface area contributed by atoms with Crippen LogP contribution in [0.25, 0.3) is 0 Å². The maximum absolute atomic E-state index is 13.1. The van der Waals surface area contributed by atoms with Crippen molar-refractivity contribution in [2.24, 2.45) is 0 Å². The molecule has 32 heavy (non-hydrogen) atoms. The maximum atomic E-state index is 13.1. The minimum atomic E-state index is -1.52. The van der Waals surface area contributed by atoms with Crippen LogP contribution < -0.4 is 5.32 Å². The number of carboxylic acids is 1. The van der Waals surface area contributed by atoms with E-state index in [1.54, 1.807) is 0 Å². The molecule has 1 aliphatic heterocycles. The summed E-state index contributed by atoms with van der Waals surface area (Å²) < 4.78 is 5.32. The summed E-state index contributed by atoms with van der Waals surface area (Å²) >= 11 is 0. The van der Waals surface area contributed by atoms with Crippen LogP contribution in [0.2, 0.25) is 0 Å². The Morgan fingerprint density at radius 1 is 1.00 bits per heavy atom. The average molecular weight is 462 g/mol. The second-order valence-electron chi connectivity index (χ2n) is 7.88. The van der Waals surface area contributed by atoms with Crippen molar-refractivity contribution in [1.82, 2.24) is 15.1 Å². The molecule has 5 N–H and O–H groups in total. The van der Waals surface area contributed by atoms with E-state index in [-0.39, 0.29) is 52.2 Å². The number of carbonyl (C=O) groups is 4. The van der Waals surface area contributed by atoms with E-state index in [0.717, 1.165) is 0 Å². The van der Waals surface area contributed by atoms with Crippen LogP contribution in [0.15, 0.2) is 0 Å². The molecule has 0 aromatic carbocycles. The van der Waals surface area contributed by atoms with Crippen molar-refractivity contribution in [3.8, 4) is 0 Å².